The molecule has 1 aliphatic rings. The van der Waals surface area contributed by atoms with E-state index >= 15 is 0 Å². The van der Waals surface area contributed by atoms with Crippen molar-refractivity contribution in [3.05, 3.63) is 95.3 Å². The maximum atomic E-state index is 13.2. The highest BCUT2D eigenvalue weighted by atomic mass is 32.2. The van der Waals surface area contributed by atoms with Gasteiger partial charge in [0.25, 0.3) is 5.91 Å². The lowest BCUT2D eigenvalue weighted by Gasteiger charge is -2.26. The Labute approximate surface area is 189 Å². The average Bonchev–Trinajstić information content (AvgIpc) is 2.84. The van der Waals surface area contributed by atoms with Crippen molar-refractivity contribution in [3.63, 3.8) is 0 Å². The van der Waals surface area contributed by atoms with Crippen LogP contribution in [0.15, 0.2) is 77.8 Å². The zero-order valence-electron chi connectivity index (χ0n) is 18.1. The van der Waals surface area contributed by atoms with Crippen LogP contribution in [0, 0.1) is 6.92 Å². The van der Waals surface area contributed by atoms with Crippen molar-refractivity contribution in [2.45, 2.75) is 37.1 Å². The summed E-state index contributed by atoms with van der Waals surface area (Å²) in [7, 11) is -3.64. The summed E-state index contributed by atoms with van der Waals surface area (Å²) in [6, 6.07) is 19.6. The molecule has 7 heteroatoms. The molecule has 1 unspecified atom stereocenters. The molecule has 6 nitrogen and oxygen atoms in total. The smallest absolute Gasteiger partial charge is 0.252 e. The first-order chi connectivity index (χ1) is 15.5. The lowest BCUT2D eigenvalue weighted by atomic mass is 10.0. The Bertz CT molecular complexity index is 1140. The summed E-state index contributed by atoms with van der Waals surface area (Å²) in [4.78, 5) is 17.8. The van der Waals surface area contributed by atoms with Gasteiger partial charge in [0.1, 0.15) is 0 Å². The molecule has 1 amide bonds. The molecule has 1 saturated heterocycles. The van der Waals surface area contributed by atoms with E-state index < -0.39 is 16.1 Å². The summed E-state index contributed by atoms with van der Waals surface area (Å²) < 4.78 is 28.0. The summed E-state index contributed by atoms with van der Waals surface area (Å²) in [6.07, 6.45) is 4.46. The van der Waals surface area contributed by atoms with Gasteiger partial charge in [-0.1, -0.05) is 48.9 Å². The van der Waals surface area contributed by atoms with Gasteiger partial charge in [-0.2, -0.15) is 4.31 Å². The molecule has 0 aliphatic carbocycles. The highest BCUT2D eigenvalue weighted by molar-refractivity contribution is 7.89. The van der Waals surface area contributed by atoms with Crippen molar-refractivity contribution in [2.24, 2.45) is 0 Å². The van der Waals surface area contributed by atoms with Crippen molar-refractivity contribution in [3.8, 4) is 0 Å². The first kappa shape index (κ1) is 22.2. The molecule has 1 N–H and O–H groups in total. The van der Waals surface area contributed by atoms with Gasteiger partial charge in [0.05, 0.1) is 16.6 Å². The lowest BCUT2D eigenvalue weighted by Crippen LogP contribution is -2.36. The molecule has 166 valence electrons. The number of sulfonamides is 1. The number of hydrogen-bond acceptors (Lipinski definition) is 4. The Morgan fingerprint density at radius 1 is 0.969 bits per heavy atom. The standard InChI is InChI=1S/C25H27N3O3S/c1-19-13-14-21(18-23(19)32(30,31)28-16-8-3-9-17-28)25(29)27-24(20-10-4-2-5-11-20)22-12-6-7-15-26-22/h2,4-7,10-15,18,24H,3,8-9,16-17H2,1H3,(H,27,29). The van der Waals surface area contributed by atoms with Gasteiger partial charge >= 0.3 is 0 Å². The van der Waals surface area contributed by atoms with Crippen LogP contribution in [-0.4, -0.2) is 36.7 Å². The number of rotatable bonds is 6. The number of hydrogen-bond donors (Lipinski definition) is 1. The molecule has 0 radical (unpaired) electrons. The third-order valence-electron chi connectivity index (χ3n) is 5.78. The van der Waals surface area contributed by atoms with Gasteiger partial charge in [0, 0.05) is 24.8 Å². The Hall–Kier alpha value is -3.03. The number of carbonyl (C=O) groups is 1. The van der Waals surface area contributed by atoms with Crippen LogP contribution < -0.4 is 5.32 Å². The third-order valence-corrected chi connectivity index (χ3v) is 7.82. The molecule has 1 aliphatic heterocycles. The van der Waals surface area contributed by atoms with Crippen LogP contribution in [0.5, 0.6) is 0 Å². The summed E-state index contributed by atoms with van der Waals surface area (Å²) in [5.41, 5.74) is 2.55. The van der Waals surface area contributed by atoms with Crippen molar-refractivity contribution in [1.29, 1.82) is 0 Å². The molecule has 1 fully saturated rings. The molecule has 32 heavy (non-hydrogen) atoms. The van der Waals surface area contributed by atoms with E-state index in [1.807, 2.05) is 48.5 Å². The van der Waals surface area contributed by atoms with Gasteiger partial charge in [-0.15, -0.1) is 0 Å². The molecular weight excluding hydrogens is 422 g/mol. The van der Waals surface area contributed by atoms with Gasteiger partial charge in [-0.25, -0.2) is 8.42 Å². The zero-order valence-corrected chi connectivity index (χ0v) is 18.9. The van der Waals surface area contributed by atoms with Crippen LogP contribution >= 0.6 is 0 Å². The van der Waals surface area contributed by atoms with E-state index in [4.69, 9.17) is 0 Å². The van der Waals surface area contributed by atoms with Crippen molar-refractivity contribution >= 4 is 15.9 Å². The molecule has 1 atom stereocenters. The number of amides is 1. The minimum atomic E-state index is -3.64. The van der Waals surface area contributed by atoms with Gasteiger partial charge in [0.15, 0.2) is 0 Å². The van der Waals surface area contributed by atoms with E-state index in [9.17, 15) is 13.2 Å². The third kappa shape index (κ3) is 4.74. The number of nitrogens with one attached hydrogen (secondary N) is 1. The fourth-order valence-corrected chi connectivity index (χ4v) is 5.77. The van der Waals surface area contributed by atoms with E-state index in [1.165, 1.54) is 10.4 Å². The number of aryl methyl sites for hydroxylation is 1. The second-order valence-electron chi connectivity index (χ2n) is 8.02. The quantitative estimate of drug-likeness (QED) is 0.615. The largest absolute Gasteiger partial charge is 0.340 e. The van der Waals surface area contributed by atoms with E-state index in [2.05, 4.69) is 10.3 Å². The molecule has 3 aromatic rings. The van der Waals surface area contributed by atoms with Crippen molar-refractivity contribution in [1.82, 2.24) is 14.6 Å². The summed E-state index contributed by atoms with van der Waals surface area (Å²) in [5.74, 6) is -0.348. The minimum Gasteiger partial charge on any atom is -0.340 e. The van der Waals surface area contributed by atoms with E-state index in [0.717, 1.165) is 24.8 Å². The molecule has 0 bridgehead atoms. The first-order valence-electron chi connectivity index (χ1n) is 10.8. The van der Waals surface area contributed by atoms with Crippen LogP contribution in [0.1, 0.15) is 52.5 Å². The fourth-order valence-electron chi connectivity index (χ4n) is 4.00. The fraction of sp³-hybridized carbons (Fsp3) is 0.280. The molecule has 0 saturated carbocycles. The number of carbonyl (C=O) groups excluding carboxylic acids is 1. The van der Waals surface area contributed by atoms with Gasteiger partial charge in [-0.05, 0) is 55.2 Å². The van der Waals surface area contributed by atoms with Gasteiger partial charge in [-0.3, -0.25) is 9.78 Å². The molecule has 1 aromatic heterocycles. The Morgan fingerprint density at radius 2 is 1.69 bits per heavy atom. The number of piperidine rings is 1. The van der Waals surface area contributed by atoms with Gasteiger partial charge < -0.3 is 5.32 Å². The van der Waals surface area contributed by atoms with Crippen LogP contribution in [0.3, 0.4) is 0 Å². The summed E-state index contributed by atoms with van der Waals surface area (Å²) >= 11 is 0. The van der Waals surface area contributed by atoms with Crippen molar-refractivity contribution in [2.75, 3.05) is 13.1 Å². The van der Waals surface area contributed by atoms with E-state index in [-0.39, 0.29) is 10.8 Å². The molecule has 0 spiro atoms. The highest BCUT2D eigenvalue weighted by Crippen LogP contribution is 2.25. The first-order valence-corrected chi connectivity index (χ1v) is 12.3. The van der Waals surface area contributed by atoms with E-state index in [0.29, 0.717) is 29.9 Å². The average molecular weight is 450 g/mol. The Morgan fingerprint density at radius 3 is 2.38 bits per heavy atom. The minimum absolute atomic E-state index is 0.196. The number of aromatic nitrogens is 1. The number of nitrogens with zero attached hydrogens (tertiary/aromatic N) is 2. The predicted octanol–water partition coefficient (Wildman–Crippen LogP) is 4.08. The Kier molecular flexibility index (Phi) is 6.67. The van der Waals surface area contributed by atoms with Crippen LogP contribution in [-0.2, 0) is 10.0 Å². The molecule has 2 aromatic carbocycles. The van der Waals surface area contributed by atoms with Crippen LogP contribution in [0.4, 0.5) is 0 Å². The van der Waals surface area contributed by atoms with Crippen LogP contribution in [0.25, 0.3) is 0 Å². The molecular formula is C25H27N3O3S. The second kappa shape index (κ2) is 9.63. The maximum Gasteiger partial charge on any atom is 0.252 e. The topological polar surface area (TPSA) is 79.4 Å². The zero-order chi connectivity index (χ0) is 22.6. The number of pyridine rings is 1. The summed E-state index contributed by atoms with van der Waals surface area (Å²) in [6.45, 7) is 2.81. The lowest BCUT2D eigenvalue weighted by molar-refractivity contribution is 0.0942. The van der Waals surface area contributed by atoms with Crippen LogP contribution in [0.2, 0.25) is 0 Å². The molecule has 2 heterocycles. The Balaban J connectivity index is 1.65. The van der Waals surface area contributed by atoms with Crippen molar-refractivity contribution < 1.29 is 13.2 Å². The predicted molar refractivity (Wildman–Crippen MR) is 124 cm³/mol. The SMILES string of the molecule is Cc1ccc(C(=O)NC(c2ccccc2)c2ccccn2)cc1S(=O)(=O)N1CCCCC1. The van der Waals surface area contributed by atoms with E-state index in [1.54, 1.807) is 25.3 Å². The monoisotopic (exact) mass is 449 g/mol. The maximum absolute atomic E-state index is 13.2. The molecule has 4 rings (SSSR count). The normalized spacial score (nSPS) is 15.8. The summed E-state index contributed by atoms with van der Waals surface area (Å²) in [5, 5.41) is 3.03. The highest BCUT2D eigenvalue weighted by Gasteiger charge is 2.28. The number of benzene rings is 2. The van der Waals surface area contributed by atoms with Gasteiger partial charge in [0.2, 0.25) is 10.0 Å². The second-order valence-corrected chi connectivity index (χ2v) is 9.92.